The van der Waals surface area contributed by atoms with Crippen molar-refractivity contribution < 1.29 is 9.59 Å². The molecule has 0 aliphatic heterocycles. The molecule has 0 bridgehead atoms. The van der Waals surface area contributed by atoms with E-state index in [1.54, 1.807) is 4.90 Å². The number of aromatic nitrogens is 2. The standard InChI is InChI=1S/C30H30N4O2/c1-21-8-12-24(13-9-21)27-19-34(26-16-10-22(2)11-17-26)30(31-27)32-28(35)20-33(29(36)25-14-15-25)18-23-6-4-3-5-7-23/h3-13,16-17,19,25H,14-15,18,20H2,1-2H3,(H,31,32,35). The lowest BCUT2D eigenvalue weighted by Gasteiger charge is -2.22. The van der Waals surface area contributed by atoms with Crippen LogP contribution in [0.3, 0.4) is 0 Å². The molecule has 0 unspecified atom stereocenters. The first-order chi connectivity index (χ1) is 17.5. The summed E-state index contributed by atoms with van der Waals surface area (Å²) >= 11 is 0. The second kappa shape index (κ2) is 10.2. The second-order valence-electron chi connectivity index (χ2n) is 9.52. The van der Waals surface area contributed by atoms with Crippen molar-refractivity contribution in [3.63, 3.8) is 0 Å². The molecule has 5 rings (SSSR count). The Morgan fingerprint density at radius 3 is 2.19 bits per heavy atom. The van der Waals surface area contributed by atoms with Gasteiger partial charge in [0.15, 0.2) is 0 Å². The molecule has 6 heteroatoms. The van der Waals surface area contributed by atoms with E-state index in [-0.39, 0.29) is 24.3 Å². The number of amides is 2. The second-order valence-corrected chi connectivity index (χ2v) is 9.52. The number of nitrogens with zero attached hydrogens (tertiary/aromatic N) is 3. The van der Waals surface area contributed by atoms with Gasteiger partial charge in [-0.2, -0.15) is 0 Å². The lowest BCUT2D eigenvalue weighted by Crippen LogP contribution is -2.38. The van der Waals surface area contributed by atoms with Gasteiger partial charge in [-0.15, -0.1) is 0 Å². The number of nitrogens with one attached hydrogen (secondary N) is 1. The third-order valence-electron chi connectivity index (χ3n) is 6.41. The molecule has 0 spiro atoms. The third-order valence-corrected chi connectivity index (χ3v) is 6.41. The van der Waals surface area contributed by atoms with Gasteiger partial charge in [0.05, 0.1) is 5.69 Å². The maximum Gasteiger partial charge on any atom is 0.246 e. The Morgan fingerprint density at radius 1 is 0.917 bits per heavy atom. The predicted octanol–water partition coefficient (Wildman–Crippen LogP) is 5.53. The molecule has 36 heavy (non-hydrogen) atoms. The van der Waals surface area contributed by atoms with Gasteiger partial charge in [-0.3, -0.25) is 19.5 Å². The van der Waals surface area contributed by atoms with Crippen LogP contribution >= 0.6 is 0 Å². The molecule has 1 aliphatic carbocycles. The van der Waals surface area contributed by atoms with Crippen LogP contribution in [0.1, 0.15) is 29.5 Å². The molecule has 0 radical (unpaired) electrons. The molecule has 182 valence electrons. The van der Waals surface area contributed by atoms with Gasteiger partial charge >= 0.3 is 0 Å². The van der Waals surface area contributed by atoms with Crippen LogP contribution in [-0.4, -0.2) is 32.8 Å². The Bertz CT molecular complexity index is 1350. The molecule has 0 saturated heterocycles. The zero-order valence-electron chi connectivity index (χ0n) is 20.6. The van der Waals surface area contributed by atoms with Crippen molar-refractivity contribution in [3.8, 4) is 16.9 Å². The van der Waals surface area contributed by atoms with Crippen LogP contribution in [0.4, 0.5) is 5.95 Å². The van der Waals surface area contributed by atoms with Crippen molar-refractivity contribution in [2.24, 2.45) is 5.92 Å². The molecule has 1 heterocycles. The Morgan fingerprint density at radius 2 is 1.56 bits per heavy atom. The highest BCUT2D eigenvalue weighted by Crippen LogP contribution is 2.31. The zero-order valence-corrected chi connectivity index (χ0v) is 20.6. The molecule has 0 atom stereocenters. The first kappa shape index (κ1) is 23.5. The van der Waals surface area contributed by atoms with E-state index in [1.807, 2.05) is 103 Å². The normalized spacial score (nSPS) is 12.8. The van der Waals surface area contributed by atoms with Crippen molar-refractivity contribution in [1.29, 1.82) is 0 Å². The molecule has 1 N–H and O–H groups in total. The molecule has 3 aromatic carbocycles. The lowest BCUT2D eigenvalue weighted by molar-refractivity contribution is -0.136. The summed E-state index contributed by atoms with van der Waals surface area (Å²) in [4.78, 5) is 32.6. The highest BCUT2D eigenvalue weighted by atomic mass is 16.2. The summed E-state index contributed by atoms with van der Waals surface area (Å²) in [5.74, 6) is 0.229. The fourth-order valence-electron chi connectivity index (χ4n) is 4.18. The van der Waals surface area contributed by atoms with E-state index in [4.69, 9.17) is 4.98 Å². The summed E-state index contributed by atoms with van der Waals surface area (Å²) in [5, 5.41) is 2.97. The van der Waals surface area contributed by atoms with E-state index in [9.17, 15) is 9.59 Å². The van der Waals surface area contributed by atoms with Crippen molar-refractivity contribution >= 4 is 17.8 Å². The molecule has 6 nitrogen and oxygen atoms in total. The Labute approximate surface area is 211 Å². The number of carbonyl (C=O) groups is 2. The van der Waals surface area contributed by atoms with E-state index in [1.165, 1.54) is 5.56 Å². The van der Waals surface area contributed by atoms with E-state index >= 15 is 0 Å². The first-order valence-corrected chi connectivity index (χ1v) is 12.3. The summed E-state index contributed by atoms with van der Waals surface area (Å²) in [6.45, 7) is 4.47. The van der Waals surface area contributed by atoms with Crippen LogP contribution in [-0.2, 0) is 16.1 Å². The zero-order chi connectivity index (χ0) is 25.1. The topological polar surface area (TPSA) is 67.2 Å². The number of imidazole rings is 1. The van der Waals surface area contributed by atoms with Gasteiger partial charge in [-0.05, 0) is 44.4 Å². The van der Waals surface area contributed by atoms with Crippen LogP contribution < -0.4 is 5.32 Å². The van der Waals surface area contributed by atoms with Gasteiger partial charge < -0.3 is 4.90 Å². The van der Waals surface area contributed by atoms with Crippen LogP contribution in [0.5, 0.6) is 0 Å². The Balaban J connectivity index is 1.41. The minimum atomic E-state index is -0.269. The quantitative estimate of drug-likeness (QED) is 0.362. The average molecular weight is 479 g/mol. The fourth-order valence-corrected chi connectivity index (χ4v) is 4.18. The molecular weight excluding hydrogens is 448 g/mol. The predicted molar refractivity (Wildman–Crippen MR) is 142 cm³/mol. The number of carbonyl (C=O) groups excluding carboxylic acids is 2. The monoisotopic (exact) mass is 478 g/mol. The van der Waals surface area contributed by atoms with Gasteiger partial charge in [0.25, 0.3) is 0 Å². The van der Waals surface area contributed by atoms with Crippen LogP contribution in [0, 0.1) is 19.8 Å². The summed E-state index contributed by atoms with van der Waals surface area (Å²) in [5.41, 5.74) is 5.96. The molecule has 1 aromatic heterocycles. The highest BCUT2D eigenvalue weighted by Gasteiger charge is 2.34. The van der Waals surface area contributed by atoms with E-state index in [2.05, 4.69) is 5.32 Å². The Hall–Kier alpha value is -4.19. The fraction of sp³-hybridized carbons (Fsp3) is 0.233. The van der Waals surface area contributed by atoms with Gasteiger partial charge in [-0.1, -0.05) is 77.9 Å². The number of benzene rings is 3. The largest absolute Gasteiger partial charge is 0.329 e. The van der Waals surface area contributed by atoms with Gasteiger partial charge in [0.2, 0.25) is 17.8 Å². The molecule has 2 amide bonds. The van der Waals surface area contributed by atoms with Crippen molar-refractivity contribution in [3.05, 3.63) is 102 Å². The van der Waals surface area contributed by atoms with E-state index < -0.39 is 0 Å². The van der Waals surface area contributed by atoms with Gasteiger partial charge in [-0.25, -0.2) is 4.98 Å². The molecule has 1 aliphatic rings. The van der Waals surface area contributed by atoms with Gasteiger partial charge in [0.1, 0.15) is 6.54 Å². The highest BCUT2D eigenvalue weighted by molar-refractivity contribution is 5.94. The maximum absolute atomic E-state index is 13.2. The van der Waals surface area contributed by atoms with Crippen LogP contribution in [0.2, 0.25) is 0 Å². The maximum atomic E-state index is 13.2. The van der Waals surface area contributed by atoms with Crippen molar-refractivity contribution in [1.82, 2.24) is 14.5 Å². The molecule has 4 aromatic rings. The number of rotatable bonds is 8. The molecule has 1 fully saturated rings. The Kier molecular flexibility index (Phi) is 6.67. The summed E-state index contributed by atoms with van der Waals surface area (Å²) < 4.78 is 1.89. The summed E-state index contributed by atoms with van der Waals surface area (Å²) in [6, 6.07) is 26.0. The van der Waals surface area contributed by atoms with E-state index in [0.717, 1.165) is 40.9 Å². The SMILES string of the molecule is Cc1ccc(-c2cn(-c3ccc(C)cc3)c(NC(=O)CN(Cc3ccccc3)C(=O)C3CC3)n2)cc1. The number of hydrogen-bond donors (Lipinski definition) is 1. The number of hydrogen-bond acceptors (Lipinski definition) is 3. The minimum Gasteiger partial charge on any atom is -0.329 e. The minimum absolute atomic E-state index is 0.0230. The lowest BCUT2D eigenvalue weighted by atomic mass is 10.1. The average Bonchev–Trinajstić information content (AvgIpc) is 3.65. The molecule has 1 saturated carbocycles. The van der Waals surface area contributed by atoms with E-state index in [0.29, 0.717) is 12.5 Å². The van der Waals surface area contributed by atoms with Crippen molar-refractivity contribution in [2.45, 2.75) is 33.2 Å². The molecular formula is C30H30N4O2. The number of aryl methyl sites for hydroxylation is 2. The summed E-state index contributed by atoms with van der Waals surface area (Å²) in [6.07, 6.45) is 3.72. The summed E-state index contributed by atoms with van der Waals surface area (Å²) in [7, 11) is 0. The van der Waals surface area contributed by atoms with Crippen molar-refractivity contribution in [2.75, 3.05) is 11.9 Å². The van der Waals surface area contributed by atoms with Crippen LogP contribution in [0.15, 0.2) is 85.1 Å². The smallest absolute Gasteiger partial charge is 0.246 e. The third kappa shape index (κ3) is 5.54. The van der Waals surface area contributed by atoms with Gasteiger partial charge in [0, 0.05) is 29.9 Å². The number of anilines is 1. The van der Waals surface area contributed by atoms with Crippen LogP contribution in [0.25, 0.3) is 16.9 Å². The first-order valence-electron chi connectivity index (χ1n) is 12.3.